The molecule has 0 bridgehead atoms. The van der Waals surface area contributed by atoms with E-state index in [0.29, 0.717) is 23.6 Å². The number of hydrogen-bond acceptors (Lipinski definition) is 4. The molecule has 0 spiro atoms. The second-order valence-corrected chi connectivity index (χ2v) is 5.30. The van der Waals surface area contributed by atoms with Gasteiger partial charge in [0.2, 0.25) is 0 Å². The number of carbonyl (C=O) groups is 1. The summed E-state index contributed by atoms with van der Waals surface area (Å²) in [5, 5.41) is 0. The van der Waals surface area contributed by atoms with E-state index in [1.54, 1.807) is 32.4 Å². The molecule has 5 heteroatoms. The summed E-state index contributed by atoms with van der Waals surface area (Å²) in [6.45, 7) is 1.26. The van der Waals surface area contributed by atoms with Crippen molar-refractivity contribution in [3.63, 3.8) is 0 Å². The molecule has 1 amide bonds. The third-order valence-electron chi connectivity index (χ3n) is 4.05. The number of ether oxygens (including phenoxy) is 2. The van der Waals surface area contributed by atoms with E-state index in [1.165, 1.54) is 0 Å². The van der Waals surface area contributed by atoms with Crippen LogP contribution in [-0.4, -0.2) is 44.2 Å². The number of nitrogens with zero attached hydrogens (tertiary/aromatic N) is 1. The molecule has 1 aromatic carbocycles. The minimum atomic E-state index is -0.00754. The zero-order valence-electron chi connectivity index (χ0n) is 12.8. The molecule has 1 aliphatic rings. The van der Waals surface area contributed by atoms with Gasteiger partial charge in [-0.25, -0.2) is 0 Å². The van der Waals surface area contributed by atoms with Crippen LogP contribution in [0.15, 0.2) is 18.2 Å². The molecule has 1 fully saturated rings. The predicted octanol–water partition coefficient (Wildman–Crippen LogP) is 2.05. The monoisotopic (exact) mass is 292 g/mol. The lowest BCUT2D eigenvalue weighted by atomic mass is 10.1. The van der Waals surface area contributed by atoms with Crippen LogP contribution in [0.2, 0.25) is 0 Å². The van der Waals surface area contributed by atoms with E-state index in [4.69, 9.17) is 15.2 Å². The molecule has 1 aromatic rings. The number of likely N-dealkylation sites (tertiary alicyclic amines) is 1. The van der Waals surface area contributed by atoms with Crippen LogP contribution < -0.4 is 15.2 Å². The fourth-order valence-electron chi connectivity index (χ4n) is 2.82. The topological polar surface area (TPSA) is 64.8 Å². The highest BCUT2D eigenvalue weighted by molar-refractivity contribution is 5.97. The molecule has 116 valence electrons. The molecule has 0 aliphatic carbocycles. The maximum Gasteiger partial charge on any atom is 0.257 e. The van der Waals surface area contributed by atoms with Gasteiger partial charge in [0.25, 0.3) is 5.91 Å². The number of hydrogen-bond donors (Lipinski definition) is 1. The van der Waals surface area contributed by atoms with Crippen LogP contribution in [0, 0.1) is 0 Å². The summed E-state index contributed by atoms with van der Waals surface area (Å²) in [4.78, 5) is 14.8. The van der Waals surface area contributed by atoms with Crippen LogP contribution >= 0.6 is 0 Å². The maximum atomic E-state index is 12.9. The van der Waals surface area contributed by atoms with E-state index in [9.17, 15) is 4.79 Å². The molecule has 0 saturated carbocycles. The van der Waals surface area contributed by atoms with Gasteiger partial charge in [-0.1, -0.05) is 12.8 Å². The van der Waals surface area contributed by atoms with Crippen molar-refractivity contribution in [3.05, 3.63) is 23.8 Å². The van der Waals surface area contributed by atoms with Gasteiger partial charge in [0.05, 0.1) is 19.8 Å². The maximum absolute atomic E-state index is 12.9. The molecule has 5 nitrogen and oxygen atoms in total. The average Bonchev–Trinajstić information content (AvgIpc) is 2.78. The van der Waals surface area contributed by atoms with Crippen LogP contribution in [0.3, 0.4) is 0 Å². The van der Waals surface area contributed by atoms with E-state index < -0.39 is 0 Å². The molecular weight excluding hydrogens is 268 g/mol. The van der Waals surface area contributed by atoms with Crippen LogP contribution in [0.25, 0.3) is 0 Å². The Morgan fingerprint density at radius 3 is 2.76 bits per heavy atom. The first-order chi connectivity index (χ1) is 10.2. The van der Waals surface area contributed by atoms with Crippen molar-refractivity contribution in [1.29, 1.82) is 0 Å². The second kappa shape index (κ2) is 7.31. The van der Waals surface area contributed by atoms with E-state index in [2.05, 4.69) is 0 Å². The second-order valence-electron chi connectivity index (χ2n) is 5.30. The molecule has 0 aromatic heterocycles. The Morgan fingerprint density at radius 2 is 2.10 bits per heavy atom. The normalized spacial score (nSPS) is 19.0. The summed E-state index contributed by atoms with van der Waals surface area (Å²) in [6.07, 6.45) is 4.28. The molecule has 1 atom stereocenters. The number of benzene rings is 1. The summed E-state index contributed by atoms with van der Waals surface area (Å²) in [6, 6.07) is 5.40. The first-order valence-electron chi connectivity index (χ1n) is 7.44. The number of methoxy groups -OCH3 is 2. The van der Waals surface area contributed by atoms with Crippen LogP contribution in [0.1, 0.15) is 36.0 Å². The number of amides is 1. The molecule has 2 rings (SSSR count). The van der Waals surface area contributed by atoms with Gasteiger partial charge in [0.1, 0.15) is 11.5 Å². The SMILES string of the molecule is COc1ccc(C(=O)N2CCCCCC2CN)c(OC)c1. The molecule has 21 heavy (non-hydrogen) atoms. The molecule has 2 N–H and O–H groups in total. The highest BCUT2D eigenvalue weighted by Crippen LogP contribution is 2.27. The zero-order chi connectivity index (χ0) is 15.2. The Bertz CT molecular complexity index is 490. The van der Waals surface area contributed by atoms with Crippen LogP contribution in [0.5, 0.6) is 11.5 Å². The Balaban J connectivity index is 2.29. The van der Waals surface area contributed by atoms with Crippen molar-refractivity contribution in [1.82, 2.24) is 4.90 Å². The van der Waals surface area contributed by atoms with Gasteiger partial charge in [0, 0.05) is 25.2 Å². The standard InChI is InChI=1S/C16H24N2O3/c1-20-13-7-8-14(15(10-13)21-2)16(19)18-9-5-3-4-6-12(18)11-17/h7-8,10,12H,3-6,9,11,17H2,1-2H3. The van der Waals surface area contributed by atoms with E-state index in [-0.39, 0.29) is 11.9 Å². The number of nitrogens with two attached hydrogens (primary N) is 1. The van der Waals surface area contributed by atoms with Crippen molar-refractivity contribution in [2.24, 2.45) is 5.73 Å². The molecule has 1 saturated heterocycles. The van der Waals surface area contributed by atoms with Crippen molar-refractivity contribution in [2.45, 2.75) is 31.7 Å². The van der Waals surface area contributed by atoms with Gasteiger partial charge in [-0.2, -0.15) is 0 Å². The van der Waals surface area contributed by atoms with Crippen molar-refractivity contribution < 1.29 is 14.3 Å². The van der Waals surface area contributed by atoms with Crippen molar-refractivity contribution in [2.75, 3.05) is 27.3 Å². The first-order valence-corrected chi connectivity index (χ1v) is 7.44. The van der Waals surface area contributed by atoms with Gasteiger partial charge in [-0.15, -0.1) is 0 Å². The molecular formula is C16H24N2O3. The van der Waals surface area contributed by atoms with Crippen LogP contribution in [0.4, 0.5) is 0 Å². The minimum absolute atomic E-state index is 0.00754. The Morgan fingerprint density at radius 1 is 1.29 bits per heavy atom. The van der Waals surface area contributed by atoms with Gasteiger partial charge in [-0.3, -0.25) is 4.79 Å². The highest BCUT2D eigenvalue weighted by Gasteiger charge is 2.27. The summed E-state index contributed by atoms with van der Waals surface area (Å²) in [5.41, 5.74) is 6.42. The first kappa shape index (κ1) is 15.6. The summed E-state index contributed by atoms with van der Waals surface area (Å²) < 4.78 is 10.5. The van der Waals surface area contributed by atoms with E-state index in [0.717, 1.165) is 32.2 Å². The van der Waals surface area contributed by atoms with Gasteiger partial charge in [-0.05, 0) is 25.0 Å². The third-order valence-corrected chi connectivity index (χ3v) is 4.05. The fraction of sp³-hybridized carbons (Fsp3) is 0.562. The van der Waals surface area contributed by atoms with Gasteiger partial charge >= 0.3 is 0 Å². The van der Waals surface area contributed by atoms with Crippen LogP contribution in [-0.2, 0) is 0 Å². The van der Waals surface area contributed by atoms with E-state index >= 15 is 0 Å². The quantitative estimate of drug-likeness (QED) is 0.922. The zero-order valence-corrected chi connectivity index (χ0v) is 12.8. The molecule has 1 heterocycles. The average molecular weight is 292 g/mol. The number of rotatable bonds is 4. The largest absolute Gasteiger partial charge is 0.497 e. The third kappa shape index (κ3) is 3.47. The van der Waals surface area contributed by atoms with Gasteiger partial charge < -0.3 is 20.1 Å². The molecule has 0 radical (unpaired) electrons. The minimum Gasteiger partial charge on any atom is -0.497 e. The predicted molar refractivity (Wildman–Crippen MR) is 81.9 cm³/mol. The summed E-state index contributed by atoms with van der Waals surface area (Å²) in [5.74, 6) is 1.21. The Hall–Kier alpha value is -1.75. The number of carbonyl (C=O) groups excluding carboxylic acids is 1. The Kier molecular flexibility index (Phi) is 5.44. The van der Waals surface area contributed by atoms with Crippen molar-refractivity contribution in [3.8, 4) is 11.5 Å². The lowest BCUT2D eigenvalue weighted by Crippen LogP contribution is -2.44. The smallest absolute Gasteiger partial charge is 0.257 e. The Labute approximate surface area is 126 Å². The van der Waals surface area contributed by atoms with Crippen molar-refractivity contribution >= 4 is 5.91 Å². The summed E-state index contributed by atoms with van der Waals surface area (Å²) >= 11 is 0. The van der Waals surface area contributed by atoms with Gasteiger partial charge in [0.15, 0.2) is 0 Å². The molecule has 1 aliphatic heterocycles. The highest BCUT2D eigenvalue weighted by atomic mass is 16.5. The summed E-state index contributed by atoms with van der Waals surface area (Å²) in [7, 11) is 3.16. The lowest BCUT2D eigenvalue weighted by Gasteiger charge is -2.29. The van der Waals surface area contributed by atoms with E-state index in [1.807, 2.05) is 4.90 Å². The lowest BCUT2D eigenvalue weighted by molar-refractivity contribution is 0.0685. The molecule has 1 unspecified atom stereocenters. The fourth-order valence-corrected chi connectivity index (χ4v) is 2.82.